The fraction of sp³-hybridized carbons (Fsp3) is 1.00. The first-order chi connectivity index (χ1) is 5.68. The van der Waals surface area contributed by atoms with Crippen LogP contribution in [0.5, 0.6) is 0 Å². The fourth-order valence-electron chi connectivity index (χ4n) is 0.762. The maximum atomic E-state index is 3.07. The lowest BCUT2D eigenvalue weighted by atomic mass is 10.2. The number of unbranched alkanes of at least 4 members (excludes halogenated alkanes) is 1. The van der Waals surface area contributed by atoms with Crippen molar-refractivity contribution in [1.29, 1.82) is 0 Å². The molecular formula is C10H26N2. The Morgan fingerprint density at radius 1 is 1.08 bits per heavy atom. The summed E-state index contributed by atoms with van der Waals surface area (Å²) in [5.41, 5.74) is 0. The molecule has 0 heterocycles. The molecule has 0 saturated carbocycles. The summed E-state index contributed by atoms with van der Waals surface area (Å²) in [7, 11) is 3.95. The summed E-state index contributed by atoms with van der Waals surface area (Å²) in [4.78, 5) is 0. The molecule has 0 aliphatic heterocycles. The Balaban J connectivity index is 0. The Morgan fingerprint density at radius 3 is 1.75 bits per heavy atom. The van der Waals surface area contributed by atoms with Gasteiger partial charge in [0.05, 0.1) is 0 Å². The molecule has 0 spiro atoms. The maximum absolute atomic E-state index is 3.07. The van der Waals surface area contributed by atoms with Crippen molar-refractivity contribution in [3.63, 3.8) is 0 Å². The summed E-state index contributed by atoms with van der Waals surface area (Å²) in [6.45, 7) is 8.86. The zero-order valence-corrected chi connectivity index (χ0v) is 9.41. The van der Waals surface area contributed by atoms with E-state index < -0.39 is 0 Å². The highest BCUT2D eigenvalue weighted by Crippen LogP contribution is 1.83. The molecule has 0 atom stereocenters. The van der Waals surface area contributed by atoms with Gasteiger partial charge in [-0.3, -0.25) is 0 Å². The number of hydrogen-bond donors (Lipinski definition) is 2. The van der Waals surface area contributed by atoms with Gasteiger partial charge in [0.1, 0.15) is 0 Å². The van der Waals surface area contributed by atoms with Crippen LogP contribution in [0.2, 0.25) is 0 Å². The van der Waals surface area contributed by atoms with Crippen molar-refractivity contribution >= 4 is 0 Å². The third-order valence-electron chi connectivity index (χ3n) is 1.39. The van der Waals surface area contributed by atoms with Crippen LogP contribution in [0, 0.1) is 5.92 Å². The normalized spacial score (nSPS) is 9.50. The number of hydrogen-bond acceptors (Lipinski definition) is 2. The lowest BCUT2D eigenvalue weighted by Gasteiger charge is -1.98. The van der Waals surface area contributed by atoms with E-state index in [2.05, 4.69) is 31.4 Å². The smallest absolute Gasteiger partial charge is 0.00288 e. The molecule has 0 aliphatic rings. The van der Waals surface area contributed by atoms with E-state index in [1.54, 1.807) is 0 Å². The van der Waals surface area contributed by atoms with Crippen molar-refractivity contribution in [2.24, 2.45) is 5.92 Å². The molecule has 0 amide bonds. The van der Waals surface area contributed by atoms with Gasteiger partial charge in [0, 0.05) is 0 Å². The zero-order valence-electron chi connectivity index (χ0n) is 9.41. The second-order valence-electron chi connectivity index (χ2n) is 3.41. The average Bonchev–Trinajstić information content (AvgIpc) is 2.02. The molecule has 0 fully saturated rings. The van der Waals surface area contributed by atoms with E-state index in [9.17, 15) is 0 Å². The minimum Gasteiger partial charge on any atom is -0.320 e. The quantitative estimate of drug-likeness (QED) is 0.622. The lowest BCUT2D eigenvalue weighted by Crippen LogP contribution is -2.12. The molecule has 0 aromatic carbocycles. The Kier molecular flexibility index (Phi) is 16.3. The van der Waals surface area contributed by atoms with Gasteiger partial charge < -0.3 is 10.6 Å². The molecule has 0 unspecified atom stereocenters. The van der Waals surface area contributed by atoms with Crippen molar-refractivity contribution in [2.75, 3.05) is 27.2 Å². The van der Waals surface area contributed by atoms with Gasteiger partial charge in [-0.1, -0.05) is 27.2 Å². The van der Waals surface area contributed by atoms with E-state index in [4.69, 9.17) is 0 Å². The van der Waals surface area contributed by atoms with Crippen molar-refractivity contribution < 1.29 is 0 Å². The minimum absolute atomic E-state index is 0.787. The molecule has 0 bridgehead atoms. The van der Waals surface area contributed by atoms with Gasteiger partial charge in [-0.2, -0.15) is 0 Å². The molecule has 2 heteroatoms. The van der Waals surface area contributed by atoms with E-state index in [0.29, 0.717) is 0 Å². The van der Waals surface area contributed by atoms with Crippen LogP contribution in [0.4, 0.5) is 0 Å². The maximum Gasteiger partial charge on any atom is -0.00288 e. The average molecular weight is 174 g/mol. The third kappa shape index (κ3) is 22.5. The molecule has 0 saturated heterocycles. The van der Waals surface area contributed by atoms with Gasteiger partial charge in [-0.05, 0) is 39.5 Å². The largest absolute Gasteiger partial charge is 0.320 e. The Bertz CT molecular complexity index is 58.9. The van der Waals surface area contributed by atoms with Gasteiger partial charge in [0.2, 0.25) is 0 Å². The van der Waals surface area contributed by atoms with Crippen molar-refractivity contribution in [3.05, 3.63) is 0 Å². The van der Waals surface area contributed by atoms with Crippen molar-refractivity contribution in [3.8, 4) is 0 Å². The Labute approximate surface area is 78.1 Å². The van der Waals surface area contributed by atoms with E-state index in [0.717, 1.165) is 19.0 Å². The first kappa shape index (κ1) is 14.4. The first-order valence-corrected chi connectivity index (χ1v) is 4.98. The Morgan fingerprint density at radius 2 is 1.67 bits per heavy atom. The predicted molar refractivity (Wildman–Crippen MR) is 57.6 cm³/mol. The summed E-state index contributed by atoms with van der Waals surface area (Å²) in [6, 6.07) is 0. The highest BCUT2D eigenvalue weighted by Gasteiger charge is 1.84. The third-order valence-corrected chi connectivity index (χ3v) is 1.39. The van der Waals surface area contributed by atoms with E-state index in [-0.39, 0.29) is 0 Å². The lowest BCUT2D eigenvalue weighted by molar-refractivity contribution is 0.595. The summed E-state index contributed by atoms with van der Waals surface area (Å²) in [6.07, 6.45) is 2.59. The van der Waals surface area contributed by atoms with Gasteiger partial charge >= 0.3 is 0 Å². The molecule has 0 aromatic heterocycles. The van der Waals surface area contributed by atoms with Crippen molar-refractivity contribution in [1.82, 2.24) is 10.6 Å². The fourth-order valence-corrected chi connectivity index (χ4v) is 0.762. The SMILES string of the molecule is CCCCNC.CNCC(C)C. The van der Waals surface area contributed by atoms with Crippen LogP contribution in [-0.2, 0) is 0 Å². The van der Waals surface area contributed by atoms with Gasteiger partial charge in [0.15, 0.2) is 0 Å². The molecule has 0 aromatic rings. The monoisotopic (exact) mass is 174 g/mol. The van der Waals surface area contributed by atoms with Crippen LogP contribution in [0.3, 0.4) is 0 Å². The van der Waals surface area contributed by atoms with Crippen LogP contribution >= 0.6 is 0 Å². The second-order valence-corrected chi connectivity index (χ2v) is 3.41. The molecule has 2 N–H and O–H groups in total. The minimum atomic E-state index is 0.787. The second kappa shape index (κ2) is 13.5. The van der Waals surface area contributed by atoms with Crippen LogP contribution in [0.1, 0.15) is 33.6 Å². The van der Waals surface area contributed by atoms with Crippen LogP contribution in [0.25, 0.3) is 0 Å². The van der Waals surface area contributed by atoms with Crippen LogP contribution < -0.4 is 10.6 Å². The summed E-state index contributed by atoms with van der Waals surface area (Å²) in [5.74, 6) is 0.787. The number of nitrogens with one attached hydrogen (secondary N) is 2. The predicted octanol–water partition coefficient (Wildman–Crippen LogP) is 1.87. The summed E-state index contributed by atoms with van der Waals surface area (Å²) < 4.78 is 0. The van der Waals surface area contributed by atoms with Crippen LogP contribution in [0.15, 0.2) is 0 Å². The highest BCUT2D eigenvalue weighted by atomic mass is 14.8. The van der Waals surface area contributed by atoms with E-state index in [1.807, 2.05) is 14.1 Å². The number of rotatable bonds is 5. The van der Waals surface area contributed by atoms with E-state index >= 15 is 0 Å². The molecule has 76 valence electrons. The molecule has 12 heavy (non-hydrogen) atoms. The zero-order chi connectivity index (χ0) is 9.82. The molecule has 0 rings (SSSR count). The van der Waals surface area contributed by atoms with E-state index in [1.165, 1.54) is 12.8 Å². The highest BCUT2D eigenvalue weighted by molar-refractivity contribution is 4.42. The van der Waals surface area contributed by atoms with Gasteiger partial charge in [-0.25, -0.2) is 0 Å². The topological polar surface area (TPSA) is 24.1 Å². The first-order valence-electron chi connectivity index (χ1n) is 4.98. The van der Waals surface area contributed by atoms with Gasteiger partial charge in [-0.15, -0.1) is 0 Å². The molecule has 2 nitrogen and oxygen atoms in total. The molecule has 0 aliphatic carbocycles. The van der Waals surface area contributed by atoms with Crippen molar-refractivity contribution in [2.45, 2.75) is 33.6 Å². The Hall–Kier alpha value is -0.0800. The van der Waals surface area contributed by atoms with Crippen LogP contribution in [-0.4, -0.2) is 27.2 Å². The summed E-state index contributed by atoms with van der Waals surface area (Å²) >= 11 is 0. The molecule has 0 radical (unpaired) electrons. The molecular weight excluding hydrogens is 148 g/mol. The standard InChI is InChI=1S/2C5H13N/c1-5(2)4-6-3;1-3-4-5-6-2/h5-6H,4H2,1-3H3;6H,3-5H2,1-2H3. The summed E-state index contributed by atoms with van der Waals surface area (Å²) in [5, 5.41) is 6.14. The van der Waals surface area contributed by atoms with Gasteiger partial charge in [0.25, 0.3) is 0 Å².